The van der Waals surface area contributed by atoms with Gasteiger partial charge in [-0.25, -0.2) is 0 Å². The number of hydrogen-bond donors (Lipinski definition) is 0. The Morgan fingerprint density at radius 2 is 1.90 bits per heavy atom. The topological polar surface area (TPSA) is 71.1 Å². The van der Waals surface area contributed by atoms with E-state index in [4.69, 9.17) is 18.9 Å². The van der Waals surface area contributed by atoms with Crippen molar-refractivity contribution in [2.45, 2.75) is 65.3 Å². The summed E-state index contributed by atoms with van der Waals surface area (Å²) in [5.74, 6) is -1.35. The molecule has 3 atom stereocenters. The monoisotopic (exact) mass is 286 g/mol. The quantitative estimate of drug-likeness (QED) is 0.731. The lowest BCUT2D eigenvalue weighted by Gasteiger charge is -2.20. The van der Waals surface area contributed by atoms with Crippen molar-refractivity contribution in [2.75, 3.05) is 6.61 Å². The second kappa shape index (κ2) is 5.09. The van der Waals surface area contributed by atoms with Gasteiger partial charge in [0.2, 0.25) is 0 Å². The van der Waals surface area contributed by atoms with Crippen LogP contribution < -0.4 is 0 Å². The highest BCUT2D eigenvalue weighted by molar-refractivity contribution is 5.87. The highest BCUT2D eigenvalue weighted by Crippen LogP contribution is 2.37. The molecule has 0 spiro atoms. The van der Waals surface area contributed by atoms with Crippen LogP contribution in [-0.2, 0) is 28.5 Å². The summed E-state index contributed by atoms with van der Waals surface area (Å²) in [4.78, 5) is 23.6. The van der Waals surface area contributed by atoms with Gasteiger partial charge in [-0.1, -0.05) is 0 Å². The van der Waals surface area contributed by atoms with E-state index in [1.807, 2.05) is 0 Å². The van der Waals surface area contributed by atoms with Crippen molar-refractivity contribution in [1.29, 1.82) is 0 Å². The van der Waals surface area contributed by atoms with Crippen LogP contribution in [0.3, 0.4) is 0 Å². The predicted molar refractivity (Wildman–Crippen MR) is 68.7 cm³/mol. The molecule has 2 heterocycles. The van der Waals surface area contributed by atoms with Crippen LogP contribution in [0.15, 0.2) is 0 Å². The number of rotatable bonds is 3. The predicted octanol–water partition coefficient (Wildman–Crippen LogP) is 1.41. The zero-order valence-electron chi connectivity index (χ0n) is 12.6. The molecule has 0 amide bonds. The van der Waals surface area contributed by atoms with Gasteiger partial charge in [0.15, 0.2) is 24.5 Å². The summed E-state index contributed by atoms with van der Waals surface area (Å²) >= 11 is 0. The first-order valence-electron chi connectivity index (χ1n) is 6.79. The Labute approximate surface area is 118 Å². The van der Waals surface area contributed by atoms with Crippen LogP contribution in [0.1, 0.15) is 41.0 Å². The van der Waals surface area contributed by atoms with Crippen molar-refractivity contribution in [3.05, 3.63) is 0 Å². The molecule has 20 heavy (non-hydrogen) atoms. The van der Waals surface area contributed by atoms with Gasteiger partial charge in [0, 0.05) is 6.42 Å². The van der Waals surface area contributed by atoms with Gasteiger partial charge in [-0.15, -0.1) is 0 Å². The van der Waals surface area contributed by atoms with Gasteiger partial charge in [0.05, 0.1) is 5.41 Å². The lowest BCUT2D eigenvalue weighted by Crippen LogP contribution is -2.32. The van der Waals surface area contributed by atoms with Crippen molar-refractivity contribution in [3.8, 4) is 0 Å². The second-order valence-corrected chi connectivity index (χ2v) is 6.70. The summed E-state index contributed by atoms with van der Waals surface area (Å²) in [6, 6.07) is 0. The Kier molecular flexibility index (Phi) is 3.92. The average Bonchev–Trinajstić information content (AvgIpc) is 2.77. The maximum Gasteiger partial charge on any atom is 0.311 e. The van der Waals surface area contributed by atoms with Crippen LogP contribution in [0.25, 0.3) is 0 Å². The maximum atomic E-state index is 12.0. The number of carbonyl (C=O) groups is 2. The molecule has 6 nitrogen and oxygen atoms in total. The Morgan fingerprint density at radius 1 is 1.25 bits per heavy atom. The summed E-state index contributed by atoms with van der Waals surface area (Å²) in [6.07, 6.45) is -0.955. The molecule has 2 aliphatic heterocycles. The van der Waals surface area contributed by atoms with Crippen LogP contribution in [0.5, 0.6) is 0 Å². The molecule has 0 aromatic carbocycles. The zero-order chi connectivity index (χ0) is 15.1. The molecule has 0 bridgehead atoms. The molecular formula is C14H22O6. The fourth-order valence-electron chi connectivity index (χ4n) is 2.16. The fourth-order valence-corrected chi connectivity index (χ4v) is 2.16. The lowest BCUT2D eigenvalue weighted by molar-refractivity contribution is -0.206. The molecule has 2 saturated heterocycles. The van der Waals surface area contributed by atoms with Crippen LogP contribution in [0.4, 0.5) is 0 Å². The van der Waals surface area contributed by atoms with Gasteiger partial charge in [-0.05, 0) is 34.6 Å². The molecule has 114 valence electrons. The summed E-state index contributed by atoms with van der Waals surface area (Å²) in [7, 11) is 0. The Morgan fingerprint density at radius 3 is 2.45 bits per heavy atom. The first-order valence-corrected chi connectivity index (χ1v) is 6.79. The summed E-state index contributed by atoms with van der Waals surface area (Å²) in [5, 5.41) is 0. The number of ketones is 1. The van der Waals surface area contributed by atoms with Crippen LogP contribution >= 0.6 is 0 Å². The van der Waals surface area contributed by atoms with Gasteiger partial charge in [-0.2, -0.15) is 0 Å². The van der Waals surface area contributed by atoms with Gasteiger partial charge in [0.1, 0.15) is 12.2 Å². The summed E-state index contributed by atoms with van der Waals surface area (Å²) in [5.41, 5.74) is -0.621. The van der Waals surface area contributed by atoms with E-state index in [1.54, 1.807) is 34.6 Å². The van der Waals surface area contributed by atoms with Crippen molar-refractivity contribution in [3.63, 3.8) is 0 Å². The molecule has 0 radical (unpaired) electrons. The minimum absolute atomic E-state index is 0.239. The number of ether oxygens (including phenoxy) is 4. The molecule has 6 heteroatoms. The van der Waals surface area contributed by atoms with E-state index < -0.39 is 29.6 Å². The smallest absolute Gasteiger partial charge is 0.311 e. The number of esters is 1. The van der Waals surface area contributed by atoms with Gasteiger partial charge in [-0.3, -0.25) is 9.59 Å². The zero-order valence-corrected chi connectivity index (χ0v) is 12.6. The van der Waals surface area contributed by atoms with E-state index in [2.05, 4.69) is 0 Å². The minimum Gasteiger partial charge on any atom is -0.457 e. The van der Waals surface area contributed by atoms with E-state index in [0.29, 0.717) is 6.42 Å². The first kappa shape index (κ1) is 15.4. The summed E-state index contributed by atoms with van der Waals surface area (Å²) in [6.45, 7) is 8.54. The average molecular weight is 286 g/mol. The van der Waals surface area contributed by atoms with E-state index in [-0.39, 0.29) is 18.5 Å². The SMILES string of the molecule is CC1(C)O[C@H]2O[C@H](C(=O)COC(=O)C(C)(C)C)C[C@H]2O1. The highest BCUT2D eigenvalue weighted by Gasteiger charge is 2.50. The maximum absolute atomic E-state index is 12.0. The third kappa shape index (κ3) is 3.37. The molecule has 0 aromatic rings. The normalized spacial score (nSPS) is 31.9. The van der Waals surface area contributed by atoms with Crippen molar-refractivity contribution in [1.82, 2.24) is 0 Å². The molecule has 0 unspecified atom stereocenters. The third-order valence-corrected chi connectivity index (χ3v) is 3.20. The molecular weight excluding hydrogens is 264 g/mol. The fraction of sp³-hybridized carbons (Fsp3) is 0.857. The highest BCUT2D eigenvalue weighted by atomic mass is 16.8. The Hall–Kier alpha value is -0.980. The Bertz CT molecular complexity index is 392. The van der Waals surface area contributed by atoms with E-state index in [9.17, 15) is 9.59 Å². The number of fused-ring (bicyclic) bond motifs is 1. The number of carbonyl (C=O) groups excluding carboxylic acids is 2. The largest absolute Gasteiger partial charge is 0.457 e. The molecule has 2 fully saturated rings. The van der Waals surface area contributed by atoms with E-state index >= 15 is 0 Å². The van der Waals surface area contributed by atoms with E-state index in [0.717, 1.165) is 0 Å². The standard InChI is InChI=1S/C14H22O6/c1-13(2,3)12(16)17-7-8(15)9-6-10-11(18-9)20-14(4,5)19-10/h9-11H,6-7H2,1-5H3/t9-,10+,11+/m0/s1. The van der Waals surface area contributed by atoms with Crippen LogP contribution in [-0.4, -0.2) is 42.6 Å². The Balaban J connectivity index is 1.81. The number of Topliss-reactive ketones (excluding diaryl/α,β-unsaturated/α-hetero) is 1. The molecule has 0 aliphatic carbocycles. The molecule has 0 saturated carbocycles. The number of hydrogen-bond acceptors (Lipinski definition) is 6. The van der Waals surface area contributed by atoms with Gasteiger partial charge >= 0.3 is 5.97 Å². The van der Waals surface area contributed by atoms with Crippen molar-refractivity contribution in [2.24, 2.45) is 5.41 Å². The van der Waals surface area contributed by atoms with Crippen molar-refractivity contribution < 1.29 is 28.5 Å². The first-order chi connectivity index (χ1) is 9.08. The minimum atomic E-state index is -0.679. The third-order valence-electron chi connectivity index (χ3n) is 3.20. The van der Waals surface area contributed by atoms with Gasteiger partial charge < -0.3 is 18.9 Å². The van der Waals surface area contributed by atoms with E-state index in [1.165, 1.54) is 0 Å². The lowest BCUT2D eigenvalue weighted by atomic mass is 9.97. The van der Waals surface area contributed by atoms with Crippen molar-refractivity contribution >= 4 is 11.8 Å². The molecule has 0 aromatic heterocycles. The van der Waals surface area contributed by atoms with Gasteiger partial charge in [0.25, 0.3) is 0 Å². The summed E-state index contributed by atoms with van der Waals surface area (Å²) < 4.78 is 21.7. The van der Waals surface area contributed by atoms with Crippen LogP contribution in [0, 0.1) is 5.41 Å². The molecule has 2 aliphatic rings. The second-order valence-electron chi connectivity index (χ2n) is 6.70. The molecule has 0 N–H and O–H groups in total. The molecule has 2 rings (SSSR count). The van der Waals surface area contributed by atoms with Crippen LogP contribution in [0.2, 0.25) is 0 Å².